The van der Waals surface area contributed by atoms with E-state index >= 15 is 0 Å². The van der Waals surface area contributed by atoms with Gasteiger partial charge in [-0.15, -0.1) is 0 Å². The summed E-state index contributed by atoms with van der Waals surface area (Å²) < 4.78 is 0. The lowest BCUT2D eigenvalue weighted by atomic mass is 10.0. The van der Waals surface area contributed by atoms with Gasteiger partial charge in [0.05, 0.1) is 5.54 Å². The molecule has 2 aliphatic rings. The lowest BCUT2D eigenvalue weighted by molar-refractivity contribution is -0.136. The van der Waals surface area contributed by atoms with Crippen LogP contribution in [0.4, 0.5) is 0 Å². The first-order chi connectivity index (χ1) is 6.50. The summed E-state index contributed by atoms with van der Waals surface area (Å²) >= 11 is 0. The number of hydrogen-bond acceptors (Lipinski definition) is 2. The van der Waals surface area contributed by atoms with E-state index in [0.717, 1.165) is 13.1 Å². The molecule has 0 aromatic rings. The number of carbonyl (C=O) groups is 1. The van der Waals surface area contributed by atoms with Gasteiger partial charge in [0, 0.05) is 19.1 Å². The van der Waals surface area contributed by atoms with Gasteiger partial charge in [-0.25, -0.2) is 0 Å². The van der Waals surface area contributed by atoms with E-state index in [1.54, 1.807) is 0 Å². The van der Waals surface area contributed by atoms with Crippen LogP contribution in [0, 0.1) is 5.92 Å². The molecule has 3 heteroatoms. The van der Waals surface area contributed by atoms with Crippen molar-refractivity contribution in [3.63, 3.8) is 0 Å². The maximum absolute atomic E-state index is 12.2. The van der Waals surface area contributed by atoms with Gasteiger partial charge in [0.1, 0.15) is 0 Å². The Bertz CT molecular complexity index is 246. The Morgan fingerprint density at radius 1 is 1.43 bits per heavy atom. The molecule has 1 atom stereocenters. The molecule has 0 spiro atoms. The van der Waals surface area contributed by atoms with Gasteiger partial charge in [0.2, 0.25) is 5.91 Å². The average Bonchev–Trinajstić information content (AvgIpc) is 2.92. The zero-order valence-electron chi connectivity index (χ0n) is 9.34. The maximum atomic E-state index is 12.2. The molecule has 0 aromatic carbocycles. The average molecular weight is 196 g/mol. The van der Waals surface area contributed by atoms with Gasteiger partial charge in [0.25, 0.3) is 0 Å². The molecule has 14 heavy (non-hydrogen) atoms. The fourth-order valence-corrected chi connectivity index (χ4v) is 2.05. The highest BCUT2D eigenvalue weighted by Crippen LogP contribution is 2.30. The fourth-order valence-electron chi connectivity index (χ4n) is 2.05. The molecule has 1 N–H and O–H groups in total. The SMILES string of the molecule is CC1CNC(C)(C)C(=O)N(C2CC2)C1. The van der Waals surface area contributed by atoms with Crippen LogP contribution in [0.15, 0.2) is 0 Å². The number of hydrogen-bond donors (Lipinski definition) is 1. The van der Waals surface area contributed by atoms with Gasteiger partial charge in [0.15, 0.2) is 0 Å². The van der Waals surface area contributed by atoms with E-state index in [0.29, 0.717) is 12.0 Å². The van der Waals surface area contributed by atoms with E-state index in [2.05, 4.69) is 17.1 Å². The molecule has 0 bridgehead atoms. The predicted molar refractivity (Wildman–Crippen MR) is 56.0 cm³/mol. The Kier molecular flexibility index (Phi) is 2.30. The Morgan fingerprint density at radius 3 is 2.64 bits per heavy atom. The quantitative estimate of drug-likeness (QED) is 0.678. The summed E-state index contributed by atoms with van der Waals surface area (Å²) in [5.74, 6) is 0.852. The normalized spacial score (nSPS) is 32.9. The van der Waals surface area contributed by atoms with E-state index in [4.69, 9.17) is 0 Å². The van der Waals surface area contributed by atoms with E-state index < -0.39 is 0 Å². The monoisotopic (exact) mass is 196 g/mol. The van der Waals surface area contributed by atoms with Crippen molar-refractivity contribution in [3.8, 4) is 0 Å². The fraction of sp³-hybridized carbons (Fsp3) is 0.909. The first kappa shape index (κ1) is 9.97. The van der Waals surface area contributed by atoms with E-state index in [9.17, 15) is 4.79 Å². The van der Waals surface area contributed by atoms with Crippen LogP contribution in [0.25, 0.3) is 0 Å². The molecule has 0 aromatic heterocycles. The Balaban J connectivity index is 2.16. The van der Waals surface area contributed by atoms with Crippen molar-refractivity contribution in [3.05, 3.63) is 0 Å². The minimum atomic E-state index is -0.368. The lowest BCUT2D eigenvalue weighted by Crippen LogP contribution is -2.52. The van der Waals surface area contributed by atoms with Crippen molar-refractivity contribution in [1.82, 2.24) is 10.2 Å². The second-order valence-corrected chi connectivity index (χ2v) is 5.30. The van der Waals surface area contributed by atoms with Crippen molar-refractivity contribution in [1.29, 1.82) is 0 Å². The highest BCUT2D eigenvalue weighted by molar-refractivity contribution is 5.86. The van der Waals surface area contributed by atoms with Crippen LogP contribution in [-0.4, -0.2) is 35.5 Å². The molecule has 80 valence electrons. The molecule has 1 amide bonds. The molecule has 3 nitrogen and oxygen atoms in total. The van der Waals surface area contributed by atoms with Crippen LogP contribution >= 0.6 is 0 Å². The van der Waals surface area contributed by atoms with Gasteiger partial charge >= 0.3 is 0 Å². The number of nitrogens with one attached hydrogen (secondary N) is 1. The molecule has 2 rings (SSSR count). The summed E-state index contributed by atoms with van der Waals surface area (Å²) in [5, 5.41) is 3.34. The zero-order valence-corrected chi connectivity index (χ0v) is 9.34. The van der Waals surface area contributed by atoms with Crippen LogP contribution in [0.3, 0.4) is 0 Å². The molecular weight excluding hydrogens is 176 g/mol. The Hall–Kier alpha value is -0.570. The van der Waals surface area contributed by atoms with Gasteiger partial charge in [-0.2, -0.15) is 0 Å². The summed E-state index contributed by atoms with van der Waals surface area (Å²) in [4.78, 5) is 14.2. The van der Waals surface area contributed by atoms with Gasteiger partial charge < -0.3 is 10.2 Å². The number of carbonyl (C=O) groups excluding carboxylic acids is 1. The van der Waals surface area contributed by atoms with Crippen molar-refractivity contribution >= 4 is 5.91 Å². The van der Waals surface area contributed by atoms with Crippen LogP contribution in [0.2, 0.25) is 0 Å². The standard InChI is InChI=1S/C11H20N2O/c1-8-6-12-11(2,3)10(14)13(7-8)9-4-5-9/h8-9,12H,4-7H2,1-3H3. The van der Waals surface area contributed by atoms with Crippen molar-refractivity contribution in [2.24, 2.45) is 5.92 Å². The van der Waals surface area contributed by atoms with Crippen molar-refractivity contribution in [2.45, 2.75) is 45.2 Å². The van der Waals surface area contributed by atoms with Crippen LogP contribution < -0.4 is 5.32 Å². The summed E-state index contributed by atoms with van der Waals surface area (Å²) in [6, 6.07) is 0.545. The molecule has 0 radical (unpaired) electrons. The number of amides is 1. The molecular formula is C11H20N2O. The summed E-state index contributed by atoms with van der Waals surface area (Å²) in [6.45, 7) is 8.06. The molecule has 1 saturated carbocycles. The van der Waals surface area contributed by atoms with Crippen LogP contribution in [-0.2, 0) is 4.79 Å². The highest BCUT2D eigenvalue weighted by atomic mass is 16.2. The minimum Gasteiger partial charge on any atom is -0.338 e. The second-order valence-electron chi connectivity index (χ2n) is 5.30. The maximum Gasteiger partial charge on any atom is 0.242 e. The summed E-state index contributed by atoms with van der Waals surface area (Å²) in [5.41, 5.74) is -0.368. The van der Waals surface area contributed by atoms with E-state index in [-0.39, 0.29) is 11.4 Å². The number of rotatable bonds is 1. The first-order valence-corrected chi connectivity index (χ1v) is 5.57. The highest BCUT2D eigenvalue weighted by Gasteiger charge is 2.41. The van der Waals surface area contributed by atoms with Crippen molar-refractivity contribution in [2.75, 3.05) is 13.1 Å². The van der Waals surface area contributed by atoms with Gasteiger partial charge in [-0.3, -0.25) is 4.79 Å². The van der Waals surface area contributed by atoms with Gasteiger partial charge in [-0.1, -0.05) is 6.92 Å². The predicted octanol–water partition coefficient (Wildman–Crippen LogP) is 0.995. The summed E-state index contributed by atoms with van der Waals surface area (Å²) in [7, 11) is 0. The third-order valence-corrected chi connectivity index (χ3v) is 3.18. The van der Waals surface area contributed by atoms with Crippen LogP contribution in [0.5, 0.6) is 0 Å². The smallest absolute Gasteiger partial charge is 0.242 e. The first-order valence-electron chi connectivity index (χ1n) is 5.57. The van der Waals surface area contributed by atoms with Gasteiger partial charge in [-0.05, 0) is 32.6 Å². The Morgan fingerprint density at radius 2 is 2.07 bits per heavy atom. The zero-order chi connectivity index (χ0) is 10.3. The third kappa shape index (κ3) is 1.78. The summed E-state index contributed by atoms with van der Waals surface area (Å²) in [6.07, 6.45) is 2.41. The second kappa shape index (κ2) is 3.23. The topological polar surface area (TPSA) is 32.3 Å². The molecule has 1 aliphatic heterocycles. The Labute approximate surface area is 85.8 Å². The van der Waals surface area contributed by atoms with E-state index in [1.165, 1.54) is 12.8 Å². The number of nitrogens with zero attached hydrogens (tertiary/aromatic N) is 1. The third-order valence-electron chi connectivity index (χ3n) is 3.18. The minimum absolute atomic E-state index is 0.282. The van der Waals surface area contributed by atoms with Crippen LogP contribution in [0.1, 0.15) is 33.6 Å². The van der Waals surface area contributed by atoms with E-state index in [1.807, 2.05) is 13.8 Å². The molecule has 1 heterocycles. The molecule has 2 fully saturated rings. The van der Waals surface area contributed by atoms with Crippen molar-refractivity contribution < 1.29 is 4.79 Å². The largest absolute Gasteiger partial charge is 0.338 e. The molecule has 1 saturated heterocycles. The lowest BCUT2D eigenvalue weighted by Gasteiger charge is -2.29. The molecule has 1 aliphatic carbocycles. The molecule has 1 unspecified atom stereocenters.